The van der Waals surface area contributed by atoms with Crippen LogP contribution in [0.1, 0.15) is 25.0 Å². The predicted molar refractivity (Wildman–Crippen MR) is 99.5 cm³/mol. The molecule has 1 aliphatic rings. The summed E-state index contributed by atoms with van der Waals surface area (Å²) in [5.41, 5.74) is 5.06. The standard InChI is InChI=1S/C19H20F2N2O3S/c1-18(15-8-7-13(20)10-16(15)21)11-27(24,25)19(2,17(22)23-18)12-5-4-6-14(9-12)26-3/h4-10H,11H2,1-3H3,(H2,22,23). The minimum Gasteiger partial charge on any atom is -0.497 e. The van der Waals surface area contributed by atoms with Crippen LogP contribution in [0.3, 0.4) is 0 Å². The van der Waals surface area contributed by atoms with Crippen molar-refractivity contribution in [2.24, 2.45) is 10.7 Å². The Balaban J connectivity index is 2.20. The second kappa shape index (κ2) is 6.30. The van der Waals surface area contributed by atoms with E-state index in [1.165, 1.54) is 27.0 Å². The molecule has 2 aromatic rings. The van der Waals surface area contributed by atoms with E-state index >= 15 is 0 Å². The molecule has 0 spiro atoms. The lowest BCUT2D eigenvalue weighted by atomic mass is 9.92. The highest BCUT2D eigenvalue weighted by molar-refractivity contribution is 7.93. The summed E-state index contributed by atoms with van der Waals surface area (Å²) < 4.78 is 57.7. The smallest absolute Gasteiger partial charge is 0.169 e. The van der Waals surface area contributed by atoms with Gasteiger partial charge in [-0.05, 0) is 37.6 Å². The number of hydrogen-bond acceptors (Lipinski definition) is 5. The molecule has 0 bridgehead atoms. The first-order chi connectivity index (χ1) is 12.5. The first-order valence-electron chi connectivity index (χ1n) is 8.22. The molecule has 0 amide bonds. The van der Waals surface area contributed by atoms with E-state index in [-0.39, 0.29) is 11.4 Å². The summed E-state index contributed by atoms with van der Waals surface area (Å²) in [5, 5.41) is 0. The molecular weight excluding hydrogens is 374 g/mol. The molecule has 2 unspecified atom stereocenters. The second-order valence-corrected chi connectivity index (χ2v) is 9.25. The number of amidine groups is 1. The van der Waals surface area contributed by atoms with E-state index in [0.29, 0.717) is 17.4 Å². The lowest BCUT2D eigenvalue weighted by Crippen LogP contribution is -2.54. The van der Waals surface area contributed by atoms with Crippen LogP contribution in [0.5, 0.6) is 5.75 Å². The highest BCUT2D eigenvalue weighted by Crippen LogP contribution is 2.43. The fourth-order valence-corrected chi connectivity index (χ4v) is 5.49. The Morgan fingerprint density at radius 1 is 1.15 bits per heavy atom. The number of sulfone groups is 1. The van der Waals surface area contributed by atoms with Crippen LogP contribution < -0.4 is 10.5 Å². The van der Waals surface area contributed by atoms with Gasteiger partial charge in [0.05, 0.1) is 12.9 Å². The van der Waals surface area contributed by atoms with Crippen molar-refractivity contribution >= 4 is 15.7 Å². The molecule has 144 valence electrons. The van der Waals surface area contributed by atoms with Crippen LogP contribution in [0, 0.1) is 11.6 Å². The molecule has 1 heterocycles. The Hall–Kier alpha value is -2.48. The van der Waals surface area contributed by atoms with Gasteiger partial charge >= 0.3 is 0 Å². The van der Waals surface area contributed by atoms with Gasteiger partial charge in [-0.15, -0.1) is 0 Å². The van der Waals surface area contributed by atoms with Crippen molar-refractivity contribution in [3.8, 4) is 5.75 Å². The molecule has 8 heteroatoms. The van der Waals surface area contributed by atoms with Crippen molar-refractivity contribution in [1.29, 1.82) is 0 Å². The summed E-state index contributed by atoms with van der Waals surface area (Å²) >= 11 is 0. The fraction of sp³-hybridized carbons (Fsp3) is 0.316. The molecule has 3 rings (SSSR count). The molecule has 0 aromatic heterocycles. The summed E-state index contributed by atoms with van der Waals surface area (Å²) in [6.07, 6.45) is 0. The Bertz CT molecular complexity index is 1040. The lowest BCUT2D eigenvalue weighted by molar-refractivity contribution is 0.413. The quantitative estimate of drug-likeness (QED) is 0.868. The Kier molecular flexibility index (Phi) is 4.50. The summed E-state index contributed by atoms with van der Waals surface area (Å²) in [5.74, 6) is -1.77. The van der Waals surface area contributed by atoms with E-state index in [1.807, 2.05) is 0 Å². The monoisotopic (exact) mass is 394 g/mol. The Labute approximate surface area is 156 Å². The van der Waals surface area contributed by atoms with Gasteiger partial charge in [-0.2, -0.15) is 0 Å². The van der Waals surface area contributed by atoms with Gasteiger partial charge in [0.15, 0.2) is 14.6 Å². The first-order valence-corrected chi connectivity index (χ1v) is 9.87. The second-order valence-electron chi connectivity index (χ2n) is 6.92. The number of aliphatic imine (C=N–C) groups is 1. The summed E-state index contributed by atoms with van der Waals surface area (Å²) in [4.78, 5) is 4.37. The minimum absolute atomic E-state index is 0.0249. The third-order valence-corrected chi connectivity index (χ3v) is 7.71. The van der Waals surface area contributed by atoms with Crippen molar-refractivity contribution in [3.63, 3.8) is 0 Å². The van der Waals surface area contributed by atoms with Gasteiger partial charge in [0.1, 0.15) is 28.8 Å². The maximum absolute atomic E-state index is 14.3. The number of nitrogens with two attached hydrogens (primary N) is 1. The van der Waals surface area contributed by atoms with E-state index in [9.17, 15) is 17.2 Å². The van der Waals surface area contributed by atoms with Crippen LogP contribution in [0.4, 0.5) is 8.78 Å². The number of ether oxygens (including phenoxy) is 1. The van der Waals surface area contributed by atoms with E-state index < -0.39 is 37.5 Å². The fourth-order valence-electron chi connectivity index (χ4n) is 3.39. The summed E-state index contributed by atoms with van der Waals surface area (Å²) in [7, 11) is -2.43. The maximum atomic E-state index is 14.3. The topological polar surface area (TPSA) is 81.8 Å². The van der Waals surface area contributed by atoms with Gasteiger partial charge in [-0.3, -0.25) is 4.99 Å². The molecule has 2 aromatic carbocycles. The molecule has 5 nitrogen and oxygen atoms in total. The SMILES string of the molecule is COc1cccc(C2(C)C(N)=NC(C)(c3ccc(F)cc3F)CS2(=O)=O)c1. The van der Waals surface area contributed by atoms with Gasteiger partial charge in [-0.25, -0.2) is 17.2 Å². The molecule has 2 N–H and O–H groups in total. The predicted octanol–water partition coefficient (Wildman–Crippen LogP) is 2.89. The number of methoxy groups -OCH3 is 1. The van der Waals surface area contributed by atoms with Crippen LogP contribution in [0.25, 0.3) is 0 Å². The van der Waals surface area contributed by atoms with Crippen LogP contribution in [0.2, 0.25) is 0 Å². The Morgan fingerprint density at radius 3 is 2.44 bits per heavy atom. The van der Waals surface area contributed by atoms with Crippen LogP contribution >= 0.6 is 0 Å². The highest BCUT2D eigenvalue weighted by Gasteiger charge is 2.53. The average Bonchev–Trinajstić information content (AvgIpc) is 2.58. The van der Waals surface area contributed by atoms with Crippen molar-refractivity contribution in [3.05, 3.63) is 65.2 Å². The normalized spacial score (nSPS) is 27.1. The highest BCUT2D eigenvalue weighted by atomic mass is 32.2. The number of halogens is 2. The van der Waals surface area contributed by atoms with Crippen LogP contribution in [-0.4, -0.2) is 27.1 Å². The molecule has 0 fully saturated rings. The minimum atomic E-state index is -3.90. The van der Waals surface area contributed by atoms with Crippen molar-refractivity contribution in [2.75, 3.05) is 12.9 Å². The van der Waals surface area contributed by atoms with Crippen LogP contribution in [-0.2, 0) is 20.1 Å². The zero-order valence-electron chi connectivity index (χ0n) is 15.2. The molecular formula is C19H20F2N2O3S. The number of rotatable bonds is 3. The molecule has 0 saturated carbocycles. The molecule has 1 aliphatic heterocycles. The summed E-state index contributed by atoms with van der Waals surface area (Å²) in [6, 6.07) is 9.53. The van der Waals surface area contributed by atoms with Gasteiger partial charge < -0.3 is 10.5 Å². The maximum Gasteiger partial charge on any atom is 0.169 e. The molecule has 2 atom stereocenters. The van der Waals surface area contributed by atoms with E-state index in [4.69, 9.17) is 10.5 Å². The van der Waals surface area contributed by atoms with Gasteiger partial charge in [0, 0.05) is 11.6 Å². The number of nitrogens with zero attached hydrogens (tertiary/aromatic N) is 1. The van der Waals surface area contributed by atoms with E-state index in [0.717, 1.165) is 6.07 Å². The zero-order chi connectivity index (χ0) is 20.0. The number of benzene rings is 2. The first kappa shape index (κ1) is 19.3. The molecule has 0 radical (unpaired) electrons. The van der Waals surface area contributed by atoms with Gasteiger partial charge in [0.25, 0.3) is 0 Å². The van der Waals surface area contributed by atoms with Crippen molar-refractivity contribution < 1.29 is 21.9 Å². The van der Waals surface area contributed by atoms with E-state index in [1.54, 1.807) is 24.3 Å². The average molecular weight is 394 g/mol. The molecule has 0 aliphatic carbocycles. The van der Waals surface area contributed by atoms with E-state index in [2.05, 4.69) is 4.99 Å². The summed E-state index contributed by atoms with van der Waals surface area (Å²) in [6.45, 7) is 2.94. The molecule has 27 heavy (non-hydrogen) atoms. The molecule has 0 saturated heterocycles. The largest absolute Gasteiger partial charge is 0.497 e. The van der Waals surface area contributed by atoms with Crippen molar-refractivity contribution in [2.45, 2.75) is 24.1 Å². The number of hydrogen-bond donors (Lipinski definition) is 1. The zero-order valence-corrected chi connectivity index (χ0v) is 16.0. The third kappa shape index (κ3) is 2.97. The van der Waals surface area contributed by atoms with Gasteiger partial charge in [-0.1, -0.05) is 18.2 Å². The lowest BCUT2D eigenvalue weighted by Gasteiger charge is -2.40. The Morgan fingerprint density at radius 2 is 1.85 bits per heavy atom. The van der Waals surface area contributed by atoms with Crippen molar-refractivity contribution in [1.82, 2.24) is 0 Å². The van der Waals surface area contributed by atoms with Gasteiger partial charge in [0.2, 0.25) is 0 Å². The third-order valence-electron chi connectivity index (χ3n) is 5.08. The van der Waals surface area contributed by atoms with Crippen LogP contribution in [0.15, 0.2) is 47.5 Å².